The Morgan fingerprint density at radius 1 is 1.10 bits per heavy atom. The minimum Gasteiger partial charge on any atom is -0.497 e. The van der Waals surface area contributed by atoms with Crippen molar-refractivity contribution in [3.63, 3.8) is 0 Å². The first-order chi connectivity index (χ1) is 15.1. The lowest BCUT2D eigenvalue weighted by Gasteiger charge is -2.53. The molecule has 31 heavy (non-hydrogen) atoms. The van der Waals surface area contributed by atoms with E-state index in [1.54, 1.807) is 7.11 Å². The standard InChI is InChI=1S/C27H44N2O2/c1-5-23-11-12-24(30-4)19-25(23)27(13-17-28-15-7-8-16-28)14-18-29(20-22-9-10-22)21(3)26(27)31-6-2/h11-12,19,21-22,26H,5-10,13-18,20H2,1-4H3/t21?,26?,27-/m0/s1. The molecule has 0 aromatic heterocycles. The normalized spacial score (nSPS) is 30.1. The van der Waals surface area contributed by atoms with Gasteiger partial charge in [-0.1, -0.05) is 13.0 Å². The maximum absolute atomic E-state index is 6.68. The molecule has 1 saturated carbocycles. The van der Waals surface area contributed by atoms with Gasteiger partial charge in [-0.2, -0.15) is 0 Å². The molecule has 2 unspecified atom stereocenters. The minimum absolute atomic E-state index is 0.0535. The Labute approximate surface area is 190 Å². The van der Waals surface area contributed by atoms with Crippen molar-refractivity contribution in [2.24, 2.45) is 5.92 Å². The predicted molar refractivity (Wildman–Crippen MR) is 128 cm³/mol. The van der Waals surface area contributed by atoms with Crippen LogP contribution in [-0.2, 0) is 16.6 Å². The Balaban J connectivity index is 1.71. The van der Waals surface area contributed by atoms with E-state index < -0.39 is 0 Å². The van der Waals surface area contributed by atoms with Crippen LogP contribution in [0.15, 0.2) is 18.2 Å². The van der Waals surface area contributed by atoms with Crippen molar-refractivity contribution >= 4 is 0 Å². The molecule has 1 aromatic rings. The molecule has 2 saturated heterocycles. The molecule has 174 valence electrons. The largest absolute Gasteiger partial charge is 0.497 e. The maximum atomic E-state index is 6.68. The maximum Gasteiger partial charge on any atom is 0.119 e. The van der Waals surface area contributed by atoms with Crippen molar-refractivity contribution in [3.05, 3.63) is 29.3 Å². The van der Waals surface area contributed by atoms with Gasteiger partial charge in [-0.15, -0.1) is 0 Å². The number of aryl methyl sites for hydroxylation is 1. The van der Waals surface area contributed by atoms with Gasteiger partial charge in [-0.25, -0.2) is 0 Å². The van der Waals surface area contributed by atoms with Gasteiger partial charge in [0.1, 0.15) is 5.75 Å². The Bertz CT molecular complexity index is 713. The van der Waals surface area contributed by atoms with E-state index in [9.17, 15) is 0 Å². The fourth-order valence-corrected chi connectivity index (χ4v) is 6.22. The van der Waals surface area contributed by atoms with Gasteiger partial charge in [-0.05, 0) is 114 Å². The summed E-state index contributed by atoms with van der Waals surface area (Å²) in [6, 6.07) is 7.23. The molecular weight excluding hydrogens is 384 g/mol. The summed E-state index contributed by atoms with van der Waals surface area (Å²) in [5.41, 5.74) is 3.01. The second-order valence-corrected chi connectivity index (χ2v) is 10.1. The van der Waals surface area contributed by atoms with Crippen molar-refractivity contribution < 1.29 is 9.47 Å². The lowest BCUT2D eigenvalue weighted by Crippen LogP contribution is -2.60. The Morgan fingerprint density at radius 2 is 1.87 bits per heavy atom. The molecule has 2 aliphatic heterocycles. The Hall–Kier alpha value is -1.10. The highest BCUT2D eigenvalue weighted by Gasteiger charge is 2.50. The van der Waals surface area contributed by atoms with Crippen molar-refractivity contribution in [2.75, 3.05) is 46.4 Å². The average molecular weight is 429 g/mol. The molecule has 1 aliphatic carbocycles. The fourth-order valence-electron chi connectivity index (χ4n) is 6.22. The lowest BCUT2D eigenvalue weighted by atomic mass is 9.64. The highest BCUT2D eigenvalue weighted by atomic mass is 16.5. The number of likely N-dealkylation sites (tertiary alicyclic amines) is 2. The molecule has 4 nitrogen and oxygen atoms in total. The zero-order valence-electron chi connectivity index (χ0n) is 20.4. The minimum atomic E-state index is 0.0535. The monoisotopic (exact) mass is 428 g/mol. The van der Waals surface area contributed by atoms with Crippen LogP contribution >= 0.6 is 0 Å². The first-order valence-corrected chi connectivity index (χ1v) is 12.9. The van der Waals surface area contributed by atoms with Crippen LogP contribution in [0.25, 0.3) is 0 Å². The third kappa shape index (κ3) is 4.96. The molecule has 1 aromatic carbocycles. The number of piperidine rings is 1. The Morgan fingerprint density at radius 3 is 2.52 bits per heavy atom. The summed E-state index contributed by atoms with van der Waals surface area (Å²) in [5.74, 6) is 1.90. The summed E-state index contributed by atoms with van der Waals surface area (Å²) in [5, 5.41) is 0. The van der Waals surface area contributed by atoms with Crippen LogP contribution in [0.1, 0.15) is 70.4 Å². The van der Waals surface area contributed by atoms with Crippen molar-refractivity contribution in [3.8, 4) is 5.75 Å². The second-order valence-electron chi connectivity index (χ2n) is 10.1. The number of hydrogen-bond acceptors (Lipinski definition) is 4. The molecule has 3 atom stereocenters. The van der Waals surface area contributed by atoms with E-state index in [0.717, 1.165) is 24.7 Å². The van der Waals surface area contributed by atoms with Crippen LogP contribution in [-0.4, -0.2) is 68.4 Å². The van der Waals surface area contributed by atoms with E-state index in [4.69, 9.17) is 9.47 Å². The summed E-state index contributed by atoms with van der Waals surface area (Å²) >= 11 is 0. The summed E-state index contributed by atoms with van der Waals surface area (Å²) in [7, 11) is 1.79. The van der Waals surface area contributed by atoms with Crippen LogP contribution < -0.4 is 4.74 Å². The number of ether oxygens (including phenoxy) is 2. The van der Waals surface area contributed by atoms with E-state index >= 15 is 0 Å². The summed E-state index contributed by atoms with van der Waals surface area (Å²) < 4.78 is 12.4. The number of hydrogen-bond donors (Lipinski definition) is 0. The van der Waals surface area contributed by atoms with Gasteiger partial charge < -0.3 is 14.4 Å². The van der Waals surface area contributed by atoms with Crippen molar-refractivity contribution in [2.45, 2.75) is 83.3 Å². The van der Waals surface area contributed by atoms with E-state index in [1.807, 2.05) is 0 Å². The first-order valence-electron chi connectivity index (χ1n) is 12.9. The molecule has 0 spiro atoms. The zero-order valence-corrected chi connectivity index (χ0v) is 20.4. The summed E-state index contributed by atoms with van der Waals surface area (Å²) in [4.78, 5) is 5.41. The smallest absolute Gasteiger partial charge is 0.119 e. The lowest BCUT2D eigenvalue weighted by molar-refractivity contribution is -0.0890. The molecule has 0 amide bonds. The summed E-state index contributed by atoms with van der Waals surface area (Å²) in [6.07, 6.45) is 9.19. The molecule has 2 heterocycles. The summed E-state index contributed by atoms with van der Waals surface area (Å²) in [6.45, 7) is 13.8. The molecule has 4 heteroatoms. The predicted octanol–water partition coefficient (Wildman–Crippen LogP) is 4.89. The molecular formula is C27H44N2O2. The quantitative estimate of drug-likeness (QED) is 0.530. The first kappa shape index (κ1) is 23.1. The molecule has 0 radical (unpaired) electrons. The zero-order chi connectivity index (χ0) is 21.8. The molecule has 3 aliphatic rings. The highest BCUT2D eigenvalue weighted by molar-refractivity contribution is 5.43. The van der Waals surface area contributed by atoms with Gasteiger partial charge in [0.05, 0.1) is 13.2 Å². The van der Waals surface area contributed by atoms with Gasteiger partial charge in [0, 0.05) is 24.6 Å². The van der Waals surface area contributed by atoms with Crippen LogP contribution in [0.3, 0.4) is 0 Å². The fraction of sp³-hybridized carbons (Fsp3) is 0.778. The highest BCUT2D eigenvalue weighted by Crippen LogP contribution is 2.46. The number of nitrogens with zero attached hydrogens (tertiary/aromatic N) is 2. The Kier molecular flexibility index (Phi) is 7.61. The molecule has 4 rings (SSSR count). The number of benzene rings is 1. The molecule has 0 N–H and O–H groups in total. The van der Waals surface area contributed by atoms with Crippen LogP contribution in [0.5, 0.6) is 5.75 Å². The van der Waals surface area contributed by atoms with Gasteiger partial charge in [0.25, 0.3) is 0 Å². The number of rotatable bonds is 10. The van der Waals surface area contributed by atoms with E-state index in [0.29, 0.717) is 6.04 Å². The van der Waals surface area contributed by atoms with Crippen LogP contribution in [0, 0.1) is 5.92 Å². The number of methoxy groups -OCH3 is 1. The SMILES string of the molecule is CCOC1C(C)N(CC2CC2)CC[C@@]1(CCN1CCCC1)c1cc(OC)ccc1CC. The van der Waals surface area contributed by atoms with E-state index in [-0.39, 0.29) is 11.5 Å². The van der Waals surface area contributed by atoms with Crippen LogP contribution in [0.4, 0.5) is 0 Å². The average Bonchev–Trinajstić information content (AvgIpc) is 3.46. The van der Waals surface area contributed by atoms with Crippen molar-refractivity contribution in [1.82, 2.24) is 9.80 Å². The second kappa shape index (κ2) is 10.2. The third-order valence-electron chi connectivity index (χ3n) is 8.25. The van der Waals surface area contributed by atoms with Crippen molar-refractivity contribution in [1.29, 1.82) is 0 Å². The van der Waals surface area contributed by atoms with E-state index in [1.165, 1.54) is 82.4 Å². The molecule has 0 bridgehead atoms. The van der Waals surface area contributed by atoms with Crippen LogP contribution in [0.2, 0.25) is 0 Å². The molecule has 3 fully saturated rings. The topological polar surface area (TPSA) is 24.9 Å². The van der Waals surface area contributed by atoms with Gasteiger partial charge in [-0.3, -0.25) is 4.90 Å². The van der Waals surface area contributed by atoms with Gasteiger partial charge in [0.2, 0.25) is 0 Å². The van der Waals surface area contributed by atoms with Gasteiger partial charge in [0.15, 0.2) is 0 Å². The van der Waals surface area contributed by atoms with Gasteiger partial charge >= 0.3 is 0 Å². The third-order valence-corrected chi connectivity index (χ3v) is 8.25. The van der Waals surface area contributed by atoms with E-state index in [2.05, 4.69) is 48.8 Å².